The van der Waals surface area contributed by atoms with Crippen LogP contribution in [0.3, 0.4) is 0 Å². The van der Waals surface area contributed by atoms with Gasteiger partial charge in [0.25, 0.3) is 0 Å². The molecule has 3 aromatic rings. The van der Waals surface area contributed by atoms with Crippen LogP contribution in [0.15, 0.2) is 46.3 Å². The van der Waals surface area contributed by atoms with Gasteiger partial charge < -0.3 is 4.52 Å². The van der Waals surface area contributed by atoms with Crippen molar-refractivity contribution in [2.45, 2.75) is 24.3 Å². The van der Waals surface area contributed by atoms with E-state index < -0.39 is 0 Å². The number of aryl methyl sites for hydroxylation is 1. The summed E-state index contributed by atoms with van der Waals surface area (Å²) in [7, 11) is 0. The van der Waals surface area contributed by atoms with E-state index in [2.05, 4.69) is 20.2 Å². The summed E-state index contributed by atoms with van der Waals surface area (Å²) in [5.41, 5.74) is 0.980. The molecule has 0 fully saturated rings. The Balaban J connectivity index is 1.74. The topological polar surface area (TPSA) is 69.6 Å². The van der Waals surface area contributed by atoms with Crippen molar-refractivity contribution in [3.8, 4) is 5.69 Å². The van der Waals surface area contributed by atoms with Crippen molar-refractivity contribution in [1.82, 2.24) is 24.9 Å². The van der Waals surface area contributed by atoms with Crippen LogP contribution in [-0.4, -0.2) is 24.9 Å². The lowest BCUT2D eigenvalue weighted by molar-refractivity contribution is 0.376. The van der Waals surface area contributed by atoms with E-state index >= 15 is 0 Å². The summed E-state index contributed by atoms with van der Waals surface area (Å²) in [5, 5.41) is 8.91. The van der Waals surface area contributed by atoms with Crippen LogP contribution in [-0.2, 0) is 0 Å². The maximum atomic E-state index is 5.15. The first-order chi connectivity index (χ1) is 9.72. The van der Waals surface area contributed by atoms with E-state index in [-0.39, 0.29) is 5.25 Å². The fourth-order valence-corrected chi connectivity index (χ4v) is 2.45. The zero-order chi connectivity index (χ0) is 13.9. The average Bonchev–Trinajstić information content (AvgIpc) is 3.09. The number of hydrogen-bond acceptors (Lipinski definition) is 6. The zero-order valence-corrected chi connectivity index (χ0v) is 11.9. The predicted octanol–water partition coefficient (Wildman–Crippen LogP) is 2.81. The number of rotatable bonds is 4. The van der Waals surface area contributed by atoms with Crippen LogP contribution in [0.2, 0.25) is 0 Å². The van der Waals surface area contributed by atoms with Crippen molar-refractivity contribution >= 4 is 11.8 Å². The number of para-hydroxylation sites is 1. The molecule has 0 aliphatic rings. The number of nitrogens with zero attached hydrogens (tertiary/aromatic N) is 5. The molecule has 2 aromatic heterocycles. The third-order valence-electron chi connectivity index (χ3n) is 2.66. The first kappa shape index (κ1) is 12.9. The van der Waals surface area contributed by atoms with Crippen LogP contribution >= 0.6 is 11.8 Å². The molecule has 0 N–H and O–H groups in total. The zero-order valence-electron chi connectivity index (χ0n) is 11.1. The molecule has 0 bridgehead atoms. The third kappa shape index (κ3) is 2.72. The summed E-state index contributed by atoms with van der Waals surface area (Å²) in [5.74, 6) is 1.22. The SMILES string of the molecule is Cc1noc([C@H](C)Sc2ncn(-c3ccccc3)n2)n1. The Bertz CT molecular complexity index is 694. The predicted molar refractivity (Wildman–Crippen MR) is 74.7 cm³/mol. The molecule has 7 heteroatoms. The fraction of sp³-hybridized carbons (Fsp3) is 0.231. The minimum Gasteiger partial charge on any atom is -0.338 e. The largest absolute Gasteiger partial charge is 0.338 e. The maximum Gasteiger partial charge on any atom is 0.239 e. The van der Waals surface area contributed by atoms with Gasteiger partial charge in [-0.05, 0) is 26.0 Å². The molecule has 20 heavy (non-hydrogen) atoms. The summed E-state index contributed by atoms with van der Waals surface area (Å²) in [6.45, 7) is 3.79. The molecule has 2 heterocycles. The van der Waals surface area contributed by atoms with Gasteiger partial charge in [-0.2, -0.15) is 4.98 Å². The van der Waals surface area contributed by atoms with Crippen molar-refractivity contribution in [2.75, 3.05) is 0 Å². The normalized spacial score (nSPS) is 12.5. The fourth-order valence-electron chi connectivity index (χ4n) is 1.69. The molecule has 0 saturated heterocycles. The van der Waals surface area contributed by atoms with Crippen molar-refractivity contribution in [3.63, 3.8) is 0 Å². The van der Waals surface area contributed by atoms with E-state index in [0.29, 0.717) is 16.9 Å². The minimum absolute atomic E-state index is 0.0165. The number of benzene rings is 1. The lowest BCUT2D eigenvalue weighted by Gasteiger charge is -2.02. The summed E-state index contributed by atoms with van der Waals surface area (Å²) in [4.78, 5) is 8.50. The van der Waals surface area contributed by atoms with E-state index in [1.807, 2.05) is 37.3 Å². The highest BCUT2D eigenvalue weighted by atomic mass is 32.2. The van der Waals surface area contributed by atoms with Gasteiger partial charge in [0, 0.05) is 0 Å². The van der Waals surface area contributed by atoms with Crippen LogP contribution < -0.4 is 0 Å². The van der Waals surface area contributed by atoms with Crippen LogP contribution in [0.4, 0.5) is 0 Å². The van der Waals surface area contributed by atoms with E-state index in [9.17, 15) is 0 Å². The number of aromatic nitrogens is 5. The second-order valence-electron chi connectivity index (χ2n) is 4.25. The average molecular weight is 287 g/mol. The molecule has 102 valence electrons. The van der Waals surface area contributed by atoms with E-state index in [4.69, 9.17) is 4.52 Å². The van der Waals surface area contributed by atoms with Crippen LogP contribution in [0.1, 0.15) is 23.9 Å². The van der Waals surface area contributed by atoms with Crippen LogP contribution in [0.5, 0.6) is 0 Å². The van der Waals surface area contributed by atoms with E-state index in [0.717, 1.165) is 5.69 Å². The first-order valence-electron chi connectivity index (χ1n) is 6.16. The van der Waals surface area contributed by atoms with E-state index in [1.54, 1.807) is 17.9 Å². The summed E-state index contributed by atoms with van der Waals surface area (Å²) in [6.07, 6.45) is 1.70. The quantitative estimate of drug-likeness (QED) is 0.687. The molecule has 0 amide bonds. The molecule has 1 aromatic carbocycles. The Morgan fingerprint density at radius 1 is 1.25 bits per heavy atom. The Hall–Kier alpha value is -2.15. The lowest BCUT2D eigenvalue weighted by atomic mass is 10.3. The minimum atomic E-state index is 0.0165. The summed E-state index contributed by atoms with van der Waals surface area (Å²) in [6, 6.07) is 9.86. The Morgan fingerprint density at radius 3 is 2.75 bits per heavy atom. The van der Waals surface area contributed by atoms with Gasteiger partial charge in [-0.25, -0.2) is 9.67 Å². The number of thioether (sulfide) groups is 1. The van der Waals surface area contributed by atoms with Gasteiger partial charge in [-0.1, -0.05) is 35.1 Å². The van der Waals surface area contributed by atoms with Crippen molar-refractivity contribution < 1.29 is 4.52 Å². The van der Waals surface area contributed by atoms with Crippen LogP contribution in [0, 0.1) is 6.92 Å². The van der Waals surface area contributed by atoms with Gasteiger partial charge in [0.2, 0.25) is 11.0 Å². The van der Waals surface area contributed by atoms with Gasteiger partial charge in [0.05, 0.1) is 10.9 Å². The van der Waals surface area contributed by atoms with Gasteiger partial charge >= 0.3 is 0 Å². The van der Waals surface area contributed by atoms with Gasteiger partial charge in [0.15, 0.2) is 5.82 Å². The van der Waals surface area contributed by atoms with Crippen molar-refractivity contribution in [3.05, 3.63) is 48.4 Å². The molecular weight excluding hydrogens is 274 g/mol. The monoisotopic (exact) mass is 287 g/mol. The number of hydrogen-bond donors (Lipinski definition) is 0. The van der Waals surface area contributed by atoms with Crippen molar-refractivity contribution in [1.29, 1.82) is 0 Å². The lowest BCUT2D eigenvalue weighted by Crippen LogP contribution is -1.94. The Labute approximate surface area is 120 Å². The highest BCUT2D eigenvalue weighted by molar-refractivity contribution is 7.99. The van der Waals surface area contributed by atoms with Gasteiger partial charge in [-0.15, -0.1) is 5.10 Å². The van der Waals surface area contributed by atoms with Crippen molar-refractivity contribution in [2.24, 2.45) is 0 Å². The molecule has 0 radical (unpaired) electrons. The highest BCUT2D eigenvalue weighted by Crippen LogP contribution is 2.31. The standard InChI is InChI=1S/C13H13N5OS/c1-9(12-15-10(2)17-19-12)20-13-14-8-18(16-13)11-6-4-3-5-7-11/h3-9H,1-2H3/t9-/m0/s1. The molecule has 0 aliphatic carbocycles. The highest BCUT2D eigenvalue weighted by Gasteiger charge is 2.16. The molecule has 3 rings (SSSR count). The molecule has 0 aliphatic heterocycles. The smallest absolute Gasteiger partial charge is 0.239 e. The molecule has 6 nitrogen and oxygen atoms in total. The van der Waals surface area contributed by atoms with Gasteiger partial charge in [0.1, 0.15) is 6.33 Å². The molecule has 0 spiro atoms. The summed E-state index contributed by atoms with van der Waals surface area (Å²) >= 11 is 1.49. The molecular formula is C13H13N5OS. The first-order valence-corrected chi connectivity index (χ1v) is 7.04. The Kier molecular flexibility index (Phi) is 3.51. The third-order valence-corrected chi connectivity index (χ3v) is 3.62. The Morgan fingerprint density at radius 2 is 2.05 bits per heavy atom. The maximum absolute atomic E-state index is 5.15. The second-order valence-corrected chi connectivity index (χ2v) is 5.56. The van der Waals surface area contributed by atoms with Crippen LogP contribution in [0.25, 0.3) is 5.69 Å². The van der Waals surface area contributed by atoms with Gasteiger partial charge in [-0.3, -0.25) is 0 Å². The molecule has 0 saturated carbocycles. The van der Waals surface area contributed by atoms with E-state index in [1.165, 1.54) is 11.8 Å². The second kappa shape index (κ2) is 5.46. The molecule has 1 atom stereocenters. The molecule has 0 unspecified atom stereocenters. The summed E-state index contributed by atoms with van der Waals surface area (Å²) < 4.78 is 6.89.